The van der Waals surface area contributed by atoms with E-state index in [-0.39, 0.29) is 24.2 Å². The topological polar surface area (TPSA) is 72.4 Å². The molecule has 0 fully saturated rings. The van der Waals surface area contributed by atoms with Gasteiger partial charge in [0, 0.05) is 12.2 Å². The molecule has 6 heteroatoms. The summed E-state index contributed by atoms with van der Waals surface area (Å²) in [6, 6.07) is 1.48. The predicted molar refractivity (Wildman–Crippen MR) is 69.6 cm³/mol. The third-order valence-corrected chi connectivity index (χ3v) is 2.91. The van der Waals surface area contributed by atoms with Crippen LogP contribution in [0.15, 0.2) is 12.3 Å². The Morgan fingerprint density at radius 1 is 1.47 bits per heavy atom. The van der Waals surface area contributed by atoms with E-state index >= 15 is 0 Å². The van der Waals surface area contributed by atoms with Gasteiger partial charge in [0.05, 0.1) is 7.11 Å². The van der Waals surface area contributed by atoms with Crippen LogP contribution in [0.3, 0.4) is 0 Å². The van der Waals surface area contributed by atoms with Crippen molar-refractivity contribution in [2.24, 2.45) is 0 Å². The summed E-state index contributed by atoms with van der Waals surface area (Å²) < 4.78 is 4.62. The van der Waals surface area contributed by atoms with Gasteiger partial charge in [-0.3, -0.25) is 9.59 Å². The maximum atomic E-state index is 12.4. The molecule has 19 heavy (non-hydrogen) atoms. The van der Waals surface area contributed by atoms with Crippen molar-refractivity contribution in [1.29, 1.82) is 0 Å². The zero-order valence-electron chi connectivity index (χ0n) is 11.7. The molecule has 104 valence electrons. The molecule has 0 saturated carbocycles. The summed E-state index contributed by atoms with van der Waals surface area (Å²) in [5, 5.41) is 0. The van der Waals surface area contributed by atoms with Crippen molar-refractivity contribution in [3.8, 4) is 0 Å². The maximum absolute atomic E-state index is 12.4. The van der Waals surface area contributed by atoms with E-state index in [1.54, 1.807) is 13.0 Å². The molecule has 6 nitrogen and oxygen atoms in total. The van der Waals surface area contributed by atoms with Crippen molar-refractivity contribution in [2.45, 2.75) is 33.2 Å². The molecule has 1 aromatic rings. The Bertz CT molecular complexity index is 462. The lowest BCUT2D eigenvalue weighted by atomic mass is 10.2. The van der Waals surface area contributed by atoms with Gasteiger partial charge in [-0.05, 0) is 26.3 Å². The molecule has 1 atom stereocenters. The molecule has 0 spiro atoms. The average molecular weight is 265 g/mol. The van der Waals surface area contributed by atoms with Crippen LogP contribution in [0.5, 0.6) is 0 Å². The van der Waals surface area contributed by atoms with Crippen LogP contribution in [0.4, 0.5) is 0 Å². The van der Waals surface area contributed by atoms with Crippen LogP contribution < -0.4 is 0 Å². The van der Waals surface area contributed by atoms with E-state index in [1.807, 2.05) is 13.8 Å². The number of aromatic nitrogens is 2. The number of ether oxygens (including phenoxy) is 1. The summed E-state index contributed by atoms with van der Waals surface area (Å²) in [5.41, 5.74) is 0.289. The van der Waals surface area contributed by atoms with Crippen LogP contribution in [0.1, 0.15) is 36.6 Å². The molecule has 0 radical (unpaired) electrons. The Kier molecular flexibility index (Phi) is 5.41. The Hall–Kier alpha value is -1.98. The van der Waals surface area contributed by atoms with Gasteiger partial charge in [-0.25, -0.2) is 9.97 Å². The Morgan fingerprint density at radius 2 is 2.16 bits per heavy atom. The number of carbonyl (C=O) groups is 2. The summed E-state index contributed by atoms with van der Waals surface area (Å²) in [7, 11) is 1.30. The molecular formula is C13H19N3O3. The summed E-state index contributed by atoms with van der Waals surface area (Å²) in [5.74, 6) is -0.210. The van der Waals surface area contributed by atoms with Gasteiger partial charge in [-0.1, -0.05) is 6.92 Å². The zero-order valence-corrected chi connectivity index (χ0v) is 11.7. The molecule has 0 aliphatic rings. The van der Waals surface area contributed by atoms with Gasteiger partial charge >= 0.3 is 5.97 Å². The van der Waals surface area contributed by atoms with E-state index in [0.29, 0.717) is 5.82 Å². The van der Waals surface area contributed by atoms with Gasteiger partial charge in [0.1, 0.15) is 18.1 Å². The van der Waals surface area contributed by atoms with Crippen molar-refractivity contribution in [2.75, 3.05) is 13.7 Å². The summed E-state index contributed by atoms with van der Waals surface area (Å²) in [4.78, 5) is 33.3. The molecule has 0 aromatic carbocycles. The van der Waals surface area contributed by atoms with Gasteiger partial charge in [-0.2, -0.15) is 0 Å². The van der Waals surface area contributed by atoms with Gasteiger partial charge in [-0.15, -0.1) is 0 Å². The van der Waals surface area contributed by atoms with Crippen molar-refractivity contribution in [3.63, 3.8) is 0 Å². The Labute approximate surface area is 112 Å². The first kappa shape index (κ1) is 15.1. The first-order chi connectivity index (χ1) is 8.99. The van der Waals surface area contributed by atoms with Gasteiger partial charge in [0.2, 0.25) is 0 Å². The first-order valence-corrected chi connectivity index (χ1v) is 6.17. The zero-order chi connectivity index (χ0) is 14.4. The molecule has 0 unspecified atom stereocenters. The Balaban J connectivity index is 2.97. The number of esters is 1. The Morgan fingerprint density at radius 3 is 2.68 bits per heavy atom. The fourth-order valence-corrected chi connectivity index (χ4v) is 1.57. The quantitative estimate of drug-likeness (QED) is 0.748. The minimum atomic E-state index is -0.445. The van der Waals surface area contributed by atoms with Crippen LogP contribution in [-0.2, 0) is 9.53 Å². The highest BCUT2D eigenvalue weighted by atomic mass is 16.5. The lowest BCUT2D eigenvalue weighted by molar-refractivity contribution is -0.141. The summed E-state index contributed by atoms with van der Waals surface area (Å²) in [6.45, 7) is 5.47. The number of hydrogen-bond donors (Lipinski definition) is 0. The van der Waals surface area contributed by atoms with E-state index < -0.39 is 5.97 Å². The van der Waals surface area contributed by atoms with E-state index in [1.165, 1.54) is 18.2 Å². The second kappa shape index (κ2) is 6.82. The van der Waals surface area contributed by atoms with Crippen molar-refractivity contribution < 1.29 is 14.3 Å². The van der Waals surface area contributed by atoms with Crippen LogP contribution >= 0.6 is 0 Å². The molecular weight excluding hydrogens is 246 g/mol. The van der Waals surface area contributed by atoms with Crippen molar-refractivity contribution >= 4 is 11.9 Å². The lowest BCUT2D eigenvalue weighted by Gasteiger charge is -2.27. The largest absolute Gasteiger partial charge is 0.468 e. The molecule has 0 aliphatic carbocycles. The third kappa shape index (κ3) is 4.01. The molecule has 0 N–H and O–H groups in total. The number of aryl methyl sites for hydroxylation is 1. The van der Waals surface area contributed by atoms with Gasteiger partial charge in [0.25, 0.3) is 5.91 Å². The molecule has 0 aliphatic heterocycles. The van der Waals surface area contributed by atoms with Crippen LogP contribution in [0.25, 0.3) is 0 Å². The van der Waals surface area contributed by atoms with Crippen LogP contribution in [0.2, 0.25) is 0 Å². The highest BCUT2D eigenvalue weighted by molar-refractivity contribution is 5.94. The number of nitrogens with zero attached hydrogens (tertiary/aromatic N) is 3. The van der Waals surface area contributed by atoms with E-state index in [4.69, 9.17) is 0 Å². The molecule has 1 heterocycles. The summed E-state index contributed by atoms with van der Waals surface area (Å²) >= 11 is 0. The normalized spacial score (nSPS) is 11.8. The van der Waals surface area contributed by atoms with E-state index in [9.17, 15) is 9.59 Å². The molecule has 1 aromatic heterocycles. The second-order valence-corrected chi connectivity index (χ2v) is 4.26. The van der Waals surface area contributed by atoms with Gasteiger partial charge < -0.3 is 9.64 Å². The van der Waals surface area contributed by atoms with Crippen molar-refractivity contribution in [1.82, 2.24) is 14.9 Å². The van der Waals surface area contributed by atoms with Crippen LogP contribution in [-0.4, -0.2) is 46.4 Å². The maximum Gasteiger partial charge on any atom is 0.325 e. The van der Waals surface area contributed by atoms with E-state index in [0.717, 1.165) is 6.42 Å². The number of carbonyl (C=O) groups excluding carboxylic acids is 2. The minimum Gasteiger partial charge on any atom is -0.468 e. The fraction of sp³-hybridized carbons (Fsp3) is 0.538. The van der Waals surface area contributed by atoms with Gasteiger partial charge in [0.15, 0.2) is 0 Å². The number of rotatable bonds is 5. The predicted octanol–water partition coefficient (Wildman–Crippen LogP) is 1.20. The highest BCUT2D eigenvalue weighted by Crippen LogP contribution is 2.09. The number of hydrogen-bond acceptors (Lipinski definition) is 5. The summed E-state index contributed by atoms with van der Waals surface area (Å²) in [6.07, 6.45) is 2.27. The SMILES string of the molecule is CC[C@@H](C)N(CC(=O)OC)C(=O)c1ccnc(C)n1. The number of amides is 1. The smallest absolute Gasteiger partial charge is 0.325 e. The third-order valence-electron chi connectivity index (χ3n) is 2.91. The molecule has 0 saturated heterocycles. The second-order valence-electron chi connectivity index (χ2n) is 4.26. The first-order valence-electron chi connectivity index (χ1n) is 6.17. The molecule has 1 rings (SSSR count). The molecule has 0 bridgehead atoms. The monoisotopic (exact) mass is 265 g/mol. The van der Waals surface area contributed by atoms with Crippen molar-refractivity contribution in [3.05, 3.63) is 23.8 Å². The lowest BCUT2D eigenvalue weighted by Crippen LogP contribution is -2.42. The highest BCUT2D eigenvalue weighted by Gasteiger charge is 2.24. The standard InChI is InChI=1S/C13H19N3O3/c1-5-9(2)16(8-12(17)19-4)13(18)11-6-7-14-10(3)15-11/h6-7,9H,5,8H2,1-4H3/t9-/m1/s1. The number of methoxy groups -OCH3 is 1. The van der Waals surface area contributed by atoms with E-state index in [2.05, 4.69) is 14.7 Å². The van der Waals surface area contributed by atoms with Crippen LogP contribution in [0, 0.1) is 6.92 Å². The average Bonchev–Trinajstić information content (AvgIpc) is 2.42. The minimum absolute atomic E-state index is 0.0677. The molecule has 1 amide bonds. The fourth-order valence-electron chi connectivity index (χ4n) is 1.57.